The van der Waals surface area contributed by atoms with E-state index in [2.05, 4.69) is 43.1 Å². The summed E-state index contributed by atoms with van der Waals surface area (Å²) in [6.45, 7) is 6.85. The van der Waals surface area contributed by atoms with Crippen LogP contribution in [0.25, 0.3) is 0 Å². The van der Waals surface area contributed by atoms with Gasteiger partial charge in [0.05, 0.1) is 0 Å². The van der Waals surface area contributed by atoms with Gasteiger partial charge in [0.25, 0.3) is 0 Å². The van der Waals surface area contributed by atoms with E-state index in [1.165, 1.54) is 35.2 Å². The molecular weight excluding hydrogens is 364 g/mol. The molecule has 1 aliphatic rings. The molecule has 1 aliphatic heterocycles. The Labute approximate surface area is 155 Å². The van der Waals surface area contributed by atoms with Gasteiger partial charge in [0.15, 0.2) is 12.4 Å². The first-order chi connectivity index (χ1) is 11.1. The van der Waals surface area contributed by atoms with Crippen LogP contribution in [-0.4, -0.2) is 18.9 Å². The van der Waals surface area contributed by atoms with Crippen molar-refractivity contribution in [3.63, 3.8) is 0 Å². The number of carbonyl (C=O) groups is 1. The summed E-state index contributed by atoms with van der Waals surface area (Å²) in [7, 11) is 0. The zero-order valence-corrected chi connectivity index (χ0v) is 16.1. The lowest BCUT2D eigenvalue weighted by Crippen LogP contribution is -3.00. The first-order valence-corrected chi connectivity index (χ1v) is 8.44. The Morgan fingerprint density at radius 3 is 2.42 bits per heavy atom. The number of rotatable bonds is 5. The SMILES string of the molecule is Cc1cccc(C)c1CC(=O)C[n+]1cccc(N2CCCC2)c1.[Br-]. The summed E-state index contributed by atoms with van der Waals surface area (Å²) in [5.74, 6) is 0.256. The molecule has 3 nitrogen and oxygen atoms in total. The summed E-state index contributed by atoms with van der Waals surface area (Å²) in [6.07, 6.45) is 7.14. The molecule has 0 unspecified atom stereocenters. The van der Waals surface area contributed by atoms with Crippen LogP contribution in [0, 0.1) is 13.8 Å². The minimum absolute atomic E-state index is 0. The van der Waals surface area contributed by atoms with Crippen LogP contribution in [0.3, 0.4) is 0 Å². The summed E-state index contributed by atoms with van der Waals surface area (Å²) < 4.78 is 2.02. The number of benzene rings is 1. The molecule has 1 fully saturated rings. The standard InChI is InChI=1S/C20H25N2O.BrH/c1-16-7-5-8-17(2)20(16)13-19(23)15-21-10-6-9-18(14-21)22-11-3-4-12-22;/h5-10,14H,3-4,11-13,15H2,1-2H3;1H/q+1;/p-1. The lowest BCUT2D eigenvalue weighted by Gasteiger charge is -2.15. The van der Waals surface area contributed by atoms with Crippen molar-refractivity contribution in [3.8, 4) is 0 Å². The van der Waals surface area contributed by atoms with Crippen molar-refractivity contribution in [2.45, 2.75) is 39.7 Å². The summed E-state index contributed by atoms with van der Waals surface area (Å²) in [6, 6.07) is 10.4. The minimum atomic E-state index is 0. The van der Waals surface area contributed by atoms with Gasteiger partial charge in [-0.15, -0.1) is 0 Å². The van der Waals surface area contributed by atoms with Crippen molar-refractivity contribution >= 4 is 11.5 Å². The minimum Gasteiger partial charge on any atom is -1.00 e. The highest BCUT2D eigenvalue weighted by Crippen LogP contribution is 2.18. The van der Waals surface area contributed by atoms with Gasteiger partial charge in [-0.1, -0.05) is 18.2 Å². The number of Topliss-reactive ketones (excluding diaryl/α,β-unsaturated/α-hetero) is 1. The molecule has 0 atom stereocenters. The lowest BCUT2D eigenvalue weighted by molar-refractivity contribution is -0.683. The molecule has 0 aliphatic carbocycles. The predicted octanol–water partition coefficient (Wildman–Crippen LogP) is 0.00694. The van der Waals surface area contributed by atoms with Crippen molar-refractivity contribution < 1.29 is 26.3 Å². The van der Waals surface area contributed by atoms with Gasteiger partial charge in [-0.25, -0.2) is 0 Å². The van der Waals surface area contributed by atoms with E-state index in [0.29, 0.717) is 13.0 Å². The van der Waals surface area contributed by atoms with Crippen molar-refractivity contribution in [2.24, 2.45) is 0 Å². The maximum Gasteiger partial charge on any atom is 0.206 e. The van der Waals surface area contributed by atoms with Crippen LogP contribution in [0.5, 0.6) is 0 Å². The van der Waals surface area contributed by atoms with Crippen LogP contribution in [0.2, 0.25) is 0 Å². The monoisotopic (exact) mass is 388 g/mol. The Kier molecular flexibility index (Phi) is 6.55. The zero-order valence-electron chi connectivity index (χ0n) is 14.5. The summed E-state index contributed by atoms with van der Waals surface area (Å²) in [5, 5.41) is 0. The third-order valence-electron chi connectivity index (χ3n) is 4.69. The van der Waals surface area contributed by atoms with Gasteiger partial charge in [0, 0.05) is 25.6 Å². The van der Waals surface area contributed by atoms with E-state index in [1.54, 1.807) is 0 Å². The number of nitrogens with zero attached hydrogens (tertiary/aromatic N) is 2. The normalized spacial score (nSPS) is 13.7. The summed E-state index contributed by atoms with van der Waals surface area (Å²) >= 11 is 0. The Morgan fingerprint density at radius 2 is 1.75 bits per heavy atom. The number of aromatic nitrogens is 1. The van der Waals surface area contributed by atoms with Crippen molar-refractivity contribution in [2.75, 3.05) is 18.0 Å². The Bertz CT molecular complexity index is 688. The van der Waals surface area contributed by atoms with Crippen LogP contribution < -0.4 is 26.4 Å². The second-order valence-electron chi connectivity index (χ2n) is 6.51. The van der Waals surface area contributed by atoms with E-state index in [1.807, 2.05) is 22.9 Å². The quantitative estimate of drug-likeness (QED) is 0.673. The molecule has 2 aromatic rings. The molecule has 4 heteroatoms. The lowest BCUT2D eigenvalue weighted by atomic mass is 9.98. The Morgan fingerprint density at radius 1 is 1.08 bits per heavy atom. The number of halogens is 1. The number of carbonyl (C=O) groups excluding carboxylic acids is 1. The number of pyridine rings is 1. The molecule has 3 rings (SSSR count). The van der Waals surface area contributed by atoms with Crippen molar-refractivity contribution in [1.82, 2.24) is 0 Å². The number of ketones is 1. The van der Waals surface area contributed by atoms with Gasteiger partial charge >= 0.3 is 0 Å². The Balaban J connectivity index is 0.00000208. The fourth-order valence-electron chi connectivity index (χ4n) is 3.35. The van der Waals surface area contributed by atoms with Gasteiger partial charge < -0.3 is 21.9 Å². The van der Waals surface area contributed by atoms with Gasteiger partial charge in [0.2, 0.25) is 12.3 Å². The third kappa shape index (κ3) is 4.44. The van der Waals surface area contributed by atoms with Gasteiger partial charge in [-0.2, -0.15) is 4.57 Å². The maximum absolute atomic E-state index is 12.5. The highest BCUT2D eigenvalue weighted by molar-refractivity contribution is 5.80. The molecule has 0 saturated carbocycles. The Hall–Kier alpha value is -1.68. The van der Waals surface area contributed by atoms with Crippen LogP contribution in [0.4, 0.5) is 5.69 Å². The summed E-state index contributed by atoms with van der Waals surface area (Å²) in [4.78, 5) is 14.9. The van der Waals surface area contributed by atoms with Gasteiger partial charge in [0.1, 0.15) is 5.69 Å². The first kappa shape index (κ1) is 18.7. The van der Waals surface area contributed by atoms with Crippen LogP contribution >= 0.6 is 0 Å². The smallest absolute Gasteiger partial charge is 0.206 e. The number of aryl methyl sites for hydroxylation is 2. The molecule has 0 amide bonds. The molecule has 1 saturated heterocycles. The molecular formula is C20H25BrN2O. The van der Waals surface area contributed by atoms with E-state index in [-0.39, 0.29) is 22.8 Å². The number of anilines is 1. The predicted molar refractivity (Wildman–Crippen MR) is 92.7 cm³/mol. The highest BCUT2D eigenvalue weighted by atomic mass is 79.9. The van der Waals surface area contributed by atoms with Crippen LogP contribution in [0.1, 0.15) is 29.5 Å². The topological polar surface area (TPSA) is 24.2 Å². The fourth-order valence-corrected chi connectivity index (χ4v) is 3.35. The second kappa shape index (κ2) is 8.43. The largest absolute Gasteiger partial charge is 1.00 e. The second-order valence-corrected chi connectivity index (χ2v) is 6.51. The molecule has 2 heterocycles. The summed E-state index contributed by atoms with van der Waals surface area (Å²) in [5.41, 5.74) is 4.81. The molecule has 128 valence electrons. The average molecular weight is 389 g/mol. The number of hydrogen-bond donors (Lipinski definition) is 0. The molecule has 0 N–H and O–H groups in total. The van der Waals surface area contributed by atoms with E-state index >= 15 is 0 Å². The molecule has 0 bridgehead atoms. The number of hydrogen-bond acceptors (Lipinski definition) is 2. The van der Waals surface area contributed by atoms with Crippen LogP contribution in [-0.2, 0) is 17.8 Å². The fraction of sp³-hybridized carbons (Fsp3) is 0.400. The van der Waals surface area contributed by atoms with E-state index in [0.717, 1.165) is 13.1 Å². The molecule has 1 aromatic carbocycles. The first-order valence-electron chi connectivity index (χ1n) is 8.44. The molecule has 0 radical (unpaired) electrons. The molecule has 0 spiro atoms. The molecule has 24 heavy (non-hydrogen) atoms. The van der Waals surface area contributed by atoms with E-state index in [9.17, 15) is 4.79 Å². The third-order valence-corrected chi connectivity index (χ3v) is 4.69. The van der Waals surface area contributed by atoms with Crippen molar-refractivity contribution in [1.29, 1.82) is 0 Å². The van der Waals surface area contributed by atoms with E-state index in [4.69, 9.17) is 0 Å². The molecule has 1 aromatic heterocycles. The van der Waals surface area contributed by atoms with Gasteiger partial charge in [-0.3, -0.25) is 4.79 Å². The van der Waals surface area contributed by atoms with Crippen LogP contribution in [0.15, 0.2) is 42.7 Å². The zero-order chi connectivity index (χ0) is 16.2. The maximum atomic E-state index is 12.5. The van der Waals surface area contributed by atoms with E-state index < -0.39 is 0 Å². The average Bonchev–Trinajstić information content (AvgIpc) is 3.06. The van der Waals surface area contributed by atoms with Gasteiger partial charge in [-0.05, 0) is 49.4 Å². The highest BCUT2D eigenvalue weighted by Gasteiger charge is 2.17. The van der Waals surface area contributed by atoms with Crippen molar-refractivity contribution in [3.05, 3.63) is 59.4 Å².